The van der Waals surface area contributed by atoms with Crippen molar-refractivity contribution in [3.8, 4) is 11.1 Å². The van der Waals surface area contributed by atoms with Gasteiger partial charge in [0.2, 0.25) is 19.6 Å². The van der Waals surface area contributed by atoms with Crippen molar-refractivity contribution in [1.29, 1.82) is 0 Å². The molecule has 2 amide bonds. The molecular formula is C31H41N2O12P. The van der Waals surface area contributed by atoms with Gasteiger partial charge >= 0.3 is 24.2 Å². The van der Waals surface area contributed by atoms with Crippen molar-refractivity contribution in [1.82, 2.24) is 10.6 Å². The second kappa shape index (κ2) is 16.8. The van der Waals surface area contributed by atoms with Gasteiger partial charge in [-0.25, -0.2) is 14.4 Å². The lowest BCUT2D eigenvalue weighted by molar-refractivity contribution is -0.168. The van der Waals surface area contributed by atoms with E-state index in [2.05, 4.69) is 15.4 Å². The topological polar surface area (TPSA) is 204 Å². The molecule has 5 unspecified atom stereocenters. The largest absolute Gasteiger partial charge is 0.510 e. The first kappa shape index (κ1) is 37.8. The van der Waals surface area contributed by atoms with Crippen LogP contribution in [0.1, 0.15) is 47.1 Å². The zero-order valence-corrected chi connectivity index (χ0v) is 27.4. The van der Waals surface area contributed by atoms with Gasteiger partial charge in [0.05, 0.1) is 18.4 Å². The standard InChI is InChI=1S/C31H41N2O12P/c1-7-42-30(39)45-31(6,28(36)37)33-26(34)25(17-22-13-15-24(16-14-22)23-11-9-8-10-12-23)18-46(40,41)20(4)32-29(38)44-21(5)43-27(35)19(2)3/h8-16,19-21,25H,7,17-18H2,1-6H3,(H,32,38)(H,33,34)(H,36,37)(H,40,41). The molecule has 15 heteroatoms. The van der Waals surface area contributed by atoms with E-state index in [0.29, 0.717) is 5.56 Å². The number of hydrogen-bond donors (Lipinski definition) is 4. The molecule has 14 nitrogen and oxygen atoms in total. The highest BCUT2D eigenvalue weighted by molar-refractivity contribution is 7.58. The van der Waals surface area contributed by atoms with Crippen LogP contribution in [0.4, 0.5) is 9.59 Å². The fourth-order valence-corrected chi connectivity index (χ4v) is 5.57. The normalized spacial score (nSPS) is 15.6. The molecule has 4 N–H and O–H groups in total. The van der Waals surface area contributed by atoms with Crippen LogP contribution in [0.5, 0.6) is 0 Å². The molecule has 2 aromatic carbocycles. The van der Waals surface area contributed by atoms with Gasteiger partial charge in [-0.2, -0.15) is 0 Å². The summed E-state index contributed by atoms with van der Waals surface area (Å²) in [6.07, 6.45) is -4.62. The van der Waals surface area contributed by atoms with Crippen molar-refractivity contribution in [2.75, 3.05) is 12.8 Å². The number of hydrogen-bond acceptors (Lipinski definition) is 10. The number of carbonyl (C=O) groups is 5. The van der Waals surface area contributed by atoms with Gasteiger partial charge in [0.1, 0.15) is 5.78 Å². The van der Waals surface area contributed by atoms with Crippen LogP contribution in [0, 0.1) is 11.8 Å². The minimum atomic E-state index is -4.42. The lowest BCUT2D eigenvalue weighted by Crippen LogP contribution is -2.57. The molecule has 0 fully saturated rings. The maximum atomic E-state index is 13.5. The molecule has 0 aliphatic heterocycles. The second-order valence-electron chi connectivity index (χ2n) is 10.9. The molecule has 0 saturated heterocycles. The lowest BCUT2D eigenvalue weighted by Gasteiger charge is -2.29. The zero-order valence-electron chi connectivity index (χ0n) is 26.6. The van der Waals surface area contributed by atoms with Gasteiger partial charge in [0.15, 0.2) is 0 Å². The van der Waals surface area contributed by atoms with E-state index in [1.165, 1.54) is 20.8 Å². The summed E-state index contributed by atoms with van der Waals surface area (Å²) in [5, 5.41) is 14.1. The number of esters is 1. The first-order chi connectivity index (χ1) is 21.5. The minimum absolute atomic E-state index is 0.121. The second-order valence-corrected chi connectivity index (χ2v) is 13.6. The van der Waals surface area contributed by atoms with Gasteiger partial charge in [-0.1, -0.05) is 68.4 Å². The van der Waals surface area contributed by atoms with Crippen LogP contribution in [0.2, 0.25) is 0 Å². The molecule has 2 rings (SSSR count). The number of amides is 2. The summed E-state index contributed by atoms with van der Waals surface area (Å²) >= 11 is 0. The Morgan fingerprint density at radius 2 is 1.50 bits per heavy atom. The highest BCUT2D eigenvalue weighted by atomic mass is 31.2. The number of carboxylic acid groups (broad SMARTS) is 1. The fraction of sp³-hybridized carbons (Fsp3) is 0.452. The van der Waals surface area contributed by atoms with E-state index >= 15 is 0 Å². The molecule has 46 heavy (non-hydrogen) atoms. The van der Waals surface area contributed by atoms with Gasteiger partial charge in [0.25, 0.3) is 5.72 Å². The van der Waals surface area contributed by atoms with E-state index in [1.54, 1.807) is 38.1 Å². The molecule has 2 aromatic rings. The lowest BCUT2D eigenvalue weighted by atomic mass is 9.97. The number of carboxylic acids is 1. The highest BCUT2D eigenvalue weighted by Crippen LogP contribution is 2.47. The number of carbonyl (C=O) groups excluding carboxylic acids is 4. The number of alkyl carbamates (subject to hydrolysis) is 1. The monoisotopic (exact) mass is 664 g/mol. The van der Waals surface area contributed by atoms with Crippen LogP contribution in [0.25, 0.3) is 11.1 Å². The van der Waals surface area contributed by atoms with Crippen LogP contribution in [-0.2, 0) is 44.3 Å². The molecular weight excluding hydrogens is 623 g/mol. The van der Waals surface area contributed by atoms with E-state index in [4.69, 9.17) is 14.2 Å². The van der Waals surface area contributed by atoms with Gasteiger partial charge in [-0.3, -0.25) is 14.2 Å². The van der Waals surface area contributed by atoms with Gasteiger partial charge in [-0.05, 0) is 37.0 Å². The van der Waals surface area contributed by atoms with E-state index in [1.807, 2.05) is 30.3 Å². The molecule has 0 heterocycles. The number of ether oxygens (including phenoxy) is 4. The molecule has 0 saturated carbocycles. The summed E-state index contributed by atoms with van der Waals surface area (Å²) in [6, 6.07) is 16.5. The Hall–Kier alpha value is -4.42. The van der Waals surface area contributed by atoms with Gasteiger partial charge in [0, 0.05) is 20.0 Å². The average Bonchev–Trinajstić information content (AvgIpc) is 2.97. The molecule has 5 atom stereocenters. The van der Waals surface area contributed by atoms with Crippen molar-refractivity contribution >= 4 is 37.5 Å². The molecule has 0 spiro atoms. The van der Waals surface area contributed by atoms with Crippen molar-refractivity contribution < 1.29 is 57.5 Å². The smallest absolute Gasteiger partial charge is 0.477 e. The van der Waals surface area contributed by atoms with E-state index in [-0.39, 0.29) is 13.0 Å². The Bertz CT molecular complexity index is 1420. The van der Waals surface area contributed by atoms with Crippen molar-refractivity contribution in [2.45, 2.75) is 65.8 Å². The Labute approximate surface area is 267 Å². The van der Waals surface area contributed by atoms with Crippen LogP contribution in [0.3, 0.4) is 0 Å². The number of aliphatic carboxylic acids is 1. The summed E-state index contributed by atoms with van der Waals surface area (Å²) in [5.74, 6) is -6.61. The van der Waals surface area contributed by atoms with E-state index < -0.39 is 73.3 Å². The van der Waals surface area contributed by atoms with Crippen molar-refractivity contribution in [2.24, 2.45) is 11.8 Å². The van der Waals surface area contributed by atoms with Gasteiger partial charge in [-0.15, -0.1) is 0 Å². The highest BCUT2D eigenvalue weighted by Gasteiger charge is 2.43. The summed E-state index contributed by atoms with van der Waals surface area (Å²) in [6.45, 7) is 7.97. The van der Waals surface area contributed by atoms with Crippen LogP contribution in [-0.4, -0.2) is 70.7 Å². The Morgan fingerprint density at radius 1 is 0.913 bits per heavy atom. The predicted octanol–water partition coefficient (Wildman–Crippen LogP) is 4.49. The quantitative estimate of drug-likeness (QED) is 0.118. The maximum absolute atomic E-state index is 13.5. The minimum Gasteiger partial charge on any atom is -0.477 e. The van der Waals surface area contributed by atoms with E-state index in [9.17, 15) is 38.5 Å². The molecule has 0 aromatic heterocycles. The summed E-state index contributed by atoms with van der Waals surface area (Å²) in [5.41, 5.74) is -0.181. The third-order valence-corrected chi connectivity index (χ3v) is 8.98. The van der Waals surface area contributed by atoms with Crippen LogP contribution in [0.15, 0.2) is 54.6 Å². The summed E-state index contributed by atoms with van der Waals surface area (Å²) in [7, 11) is -4.42. The number of rotatable bonds is 15. The van der Waals surface area contributed by atoms with Crippen LogP contribution >= 0.6 is 7.37 Å². The zero-order chi connectivity index (χ0) is 34.7. The maximum Gasteiger partial charge on any atom is 0.510 e. The molecule has 0 radical (unpaired) electrons. The SMILES string of the molecule is CCOC(=O)OC(C)(NC(=O)C(Cc1ccc(-c2ccccc2)cc1)CP(=O)(O)C(C)NC(=O)OC(C)OC(=O)C(C)C)C(=O)O. The van der Waals surface area contributed by atoms with Gasteiger partial charge < -0.3 is 39.6 Å². The first-order valence-corrected chi connectivity index (χ1v) is 16.4. The molecule has 0 aliphatic carbocycles. The Kier molecular flexibility index (Phi) is 13.8. The summed E-state index contributed by atoms with van der Waals surface area (Å²) < 4.78 is 32.9. The third kappa shape index (κ3) is 11.5. The molecule has 0 aliphatic rings. The molecule has 0 bridgehead atoms. The third-order valence-electron chi connectivity index (χ3n) is 6.67. The van der Waals surface area contributed by atoms with Crippen molar-refractivity contribution in [3.63, 3.8) is 0 Å². The Morgan fingerprint density at radius 3 is 2.04 bits per heavy atom. The first-order valence-electron chi connectivity index (χ1n) is 14.5. The average molecular weight is 665 g/mol. The predicted molar refractivity (Wildman–Crippen MR) is 166 cm³/mol. The molecule has 252 valence electrons. The fourth-order valence-electron chi connectivity index (χ4n) is 4.02. The summed E-state index contributed by atoms with van der Waals surface area (Å²) in [4.78, 5) is 72.6. The van der Waals surface area contributed by atoms with Crippen molar-refractivity contribution in [3.05, 3.63) is 60.2 Å². The number of benzene rings is 2. The Balaban J connectivity index is 2.29. The number of nitrogens with one attached hydrogen (secondary N) is 2. The van der Waals surface area contributed by atoms with E-state index in [0.717, 1.165) is 18.1 Å². The van der Waals surface area contributed by atoms with Crippen LogP contribution < -0.4 is 10.6 Å².